The van der Waals surface area contributed by atoms with Crippen LogP contribution >= 0.6 is 0 Å². The Kier molecular flexibility index (Phi) is 6.11. The first kappa shape index (κ1) is 22.0. The lowest BCUT2D eigenvalue weighted by molar-refractivity contribution is 0.0462. The molecule has 0 amide bonds. The van der Waals surface area contributed by atoms with Gasteiger partial charge in [-0.15, -0.1) is 0 Å². The van der Waals surface area contributed by atoms with Gasteiger partial charge in [-0.05, 0) is 30.3 Å². The Morgan fingerprint density at radius 3 is 2.32 bits per heavy atom. The highest BCUT2D eigenvalue weighted by Gasteiger charge is 2.22. The van der Waals surface area contributed by atoms with Gasteiger partial charge in [-0.2, -0.15) is 0 Å². The molecule has 0 aliphatic rings. The first-order valence-corrected chi connectivity index (χ1v) is 10.6. The summed E-state index contributed by atoms with van der Waals surface area (Å²) in [5.41, 5.74) is -0.353. The Hall–Kier alpha value is -3.66. The second-order valence-electron chi connectivity index (χ2n) is 6.79. The van der Waals surface area contributed by atoms with Crippen LogP contribution in [-0.2, 0) is 35.5 Å². The second-order valence-corrected chi connectivity index (χ2v) is 8.76. The Labute approximate surface area is 178 Å². The van der Waals surface area contributed by atoms with Gasteiger partial charge >= 0.3 is 11.7 Å². The molecule has 0 aliphatic heterocycles. The van der Waals surface area contributed by atoms with Gasteiger partial charge < -0.3 is 4.74 Å². The molecule has 1 heterocycles. The molecule has 0 bridgehead atoms. The number of esters is 1. The van der Waals surface area contributed by atoms with Gasteiger partial charge in [-0.25, -0.2) is 18.0 Å². The van der Waals surface area contributed by atoms with Crippen LogP contribution in [0.5, 0.6) is 0 Å². The SMILES string of the molecule is CN(c1ccccc1)S(=O)(=O)c1cccc(C(=O)OCc2cc(=O)n(C)c(=O)n2C)c1. The highest BCUT2D eigenvalue weighted by molar-refractivity contribution is 7.92. The van der Waals surface area contributed by atoms with E-state index in [9.17, 15) is 22.8 Å². The lowest BCUT2D eigenvalue weighted by atomic mass is 10.2. The summed E-state index contributed by atoms with van der Waals surface area (Å²) in [7, 11) is 0.323. The molecule has 0 saturated carbocycles. The fourth-order valence-corrected chi connectivity index (χ4v) is 4.10. The number of rotatable bonds is 6. The third-order valence-electron chi connectivity index (χ3n) is 4.82. The number of carbonyl (C=O) groups is 1. The molecule has 10 heteroatoms. The molecule has 31 heavy (non-hydrogen) atoms. The number of hydrogen-bond donors (Lipinski definition) is 0. The van der Waals surface area contributed by atoms with Crippen molar-refractivity contribution >= 4 is 21.7 Å². The van der Waals surface area contributed by atoms with Crippen molar-refractivity contribution in [3.05, 3.63) is 92.8 Å². The highest BCUT2D eigenvalue weighted by atomic mass is 32.2. The normalized spacial score (nSPS) is 11.2. The Morgan fingerprint density at radius 1 is 0.968 bits per heavy atom. The van der Waals surface area contributed by atoms with Crippen LogP contribution in [0.4, 0.5) is 5.69 Å². The maximum Gasteiger partial charge on any atom is 0.338 e. The molecule has 2 aromatic carbocycles. The van der Waals surface area contributed by atoms with Gasteiger partial charge in [0, 0.05) is 27.2 Å². The summed E-state index contributed by atoms with van der Waals surface area (Å²) in [5.74, 6) is -0.785. The summed E-state index contributed by atoms with van der Waals surface area (Å²) in [5, 5.41) is 0. The first-order chi connectivity index (χ1) is 14.6. The van der Waals surface area contributed by atoms with Gasteiger partial charge in [0.05, 0.1) is 21.8 Å². The van der Waals surface area contributed by atoms with E-state index in [1.807, 2.05) is 0 Å². The lowest BCUT2D eigenvalue weighted by Crippen LogP contribution is -2.38. The van der Waals surface area contributed by atoms with Gasteiger partial charge in [0.2, 0.25) is 0 Å². The van der Waals surface area contributed by atoms with Crippen molar-refractivity contribution in [2.45, 2.75) is 11.5 Å². The molecular formula is C21H21N3O6S. The molecule has 3 rings (SSSR count). The largest absolute Gasteiger partial charge is 0.456 e. The topological polar surface area (TPSA) is 108 Å². The minimum atomic E-state index is -3.90. The Morgan fingerprint density at radius 2 is 1.65 bits per heavy atom. The van der Waals surface area contributed by atoms with E-state index in [-0.39, 0.29) is 22.8 Å². The molecule has 162 valence electrons. The zero-order valence-corrected chi connectivity index (χ0v) is 18.0. The fourth-order valence-electron chi connectivity index (χ4n) is 2.86. The standard InChI is InChI=1S/C21H21N3O6S/c1-22-17(13-19(25)23(2)21(22)27)14-30-20(26)15-8-7-11-18(12-15)31(28,29)24(3)16-9-5-4-6-10-16/h4-13H,14H2,1-3H3. The molecule has 0 fully saturated rings. The minimum absolute atomic E-state index is 0.0244. The Bertz CT molecular complexity index is 1340. The summed E-state index contributed by atoms with van der Waals surface area (Å²) >= 11 is 0. The molecule has 0 N–H and O–H groups in total. The van der Waals surface area contributed by atoms with Crippen molar-refractivity contribution in [3.63, 3.8) is 0 Å². The van der Waals surface area contributed by atoms with E-state index in [0.717, 1.165) is 8.87 Å². The van der Waals surface area contributed by atoms with Crippen LogP contribution in [0.1, 0.15) is 16.1 Å². The number of sulfonamides is 1. The molecule has 9 nitrogen and oxygen atoms in total. The molecule has 1 aromatic heterocycles. The monoisotopic (exact) mass is 443 g/mol. The van der Waals surface area contributed by atoms with E-state index in [1.54, 1.807) is 30.3 Å². The smallest absolute Gasteiger partial charge is 0.338 e. The summed E-state index contributed by atoms with van der Waals surface area (Å²) in [6.45, 7) is -0.318. The number of ether oxygens (including phenoxy) is 1. The predicted molar refractivity (Wildman–Crippen MR) is 115 cm³/mol. The maximum absolute atomic E-state index is 12.9. The number of hydrogen-bond acceptors (Lipinski definition) is 6. The van der Waals surface area contributed by atoms with E-state index < -0.39 is 27.2 Å². The van der Waals surface area contributed by atoms with E-state index in [1.165, 1.54) is 56.0 Å². The minimum Gasteiger partial charge on any atom is -0.456 e. The lowest BCUT2D eigenvalue weighted by Gasteiger charge is -2.19. The van der Waals surface area contributed by atoms with Gasteiger partial charge in [0.15, 0.2) is 0 Å². The summed E-state index contributed by atoms with van der Waals surface area (Å²) in [6, 6.07) is 15.2. The average Bonchev–Trinajstić information content (AvgIpc) is 2.79. The molecule has 0 atom stereocenters. The molecule has 0 aliphatic carbocycles. The van der Waals surface area contributed by atoms with Crippen LogP contribution in [-0.4, -0.2) is 30.6 Å². The van der Waals surface area contributed by atoms with E-state index in [2.05, 4.69) is 0 Å². The fraction of sp³-hybridized carbons (Fsp3) is 0.190. The number of aromatic nitrogens is 2. The molecule has 0 radical (unpaired) electrons. The third-order valence-corrected chi connectivity index (χ3v) is 6.61. The van der Waals surface area contributed by atoms with Crippen molar-refractivity contribution < 1.29 is 17.9 Å². The third kappa shape index (κ3) is 4.43. The average molecular weight is 443 g/mol. The zero-order chi connectivity index (χ0) is 22.8. The van der Waals surface area contributed by atoms with Gasteiger partial charge in [-0.3, -0.25) is 18.2 Å². The molecular weight excluding hydrogens is 422 g/mol. The van der Waals surface area contributed by atoms with Crippen LogP contribution in [0.25, 0.3) is 0 Å². The zero-order valence-electron chi connectivity index (χ0n) is 17.2. The van der Waals surface area contributed by atoms with Crippen molar-refractivity contribution in [2.24, 2.45) is 14.1 Å². The van der Waals surface area contributed by atoms with Crippen LogP contribution in [0.3, 0.4) is 0 Å². The van der Waals surface area contributed by atoms with Crippen LogP contribution < -0.4 is 15.6 Å². The number of carbonyl (C=O) groups excluding carboxylic acids is 1. The van der Waals surface area contributed by atoms with Crippen molar-refractivity contribution in [1.82, 2.24) is 9.13 Å². The summed E-state index contributed by atoms with van der Waals surface area (Å²) in [4.78, 5) is 36.2. The highest BCUT2D eigenvalue weighted by Crippen LogP contribution is 2.22. The van der Waals surface area contributed by atoms with Gasteiger partial charge in [0.1, 0.15) is 6.61 Å². The van der Waals surface area contributed by atoms with Crippen molar-refractivity contribution in [3.8, 4) is 0 Å². The van der Waals surface area contributed by atoms with Crippen LogP contribution in [0.2, 0.25) is 0 Å². The second kappa shape index (κ2) is 8.60. The van der Waals surface area contributed by atoms with Crippen molar-refractivity contribution in [1.29, 1.82) is 0 Å². The molecule has 0 saturated heterocycles. The van der Waals surface area contributed by atoms with Crippen LogP contribution in [0.15, 0.2) is 75.1 Å². The quantitative estimate of drug-likeness (QED) is 0.531. The summed E-state index contributed by atoms with van der Waals surface area (Å²) in [6.07, 6.45) is 0. The number of para-hydroxylation sites is 1. The van der Waals surface area contributed by atoms with Gasteiger partial charge in [-0.1, -0.05) is 24.3 Å². The van der Waals surface area contributed by atoms with E-state index in [4.69, 9.17) is 4.74 Å². The molecule has 3 aromatic rings. The van der Waals surface area contributed by atoms with Gasteiger partial charge in [0.25, 0.3) is 15.6 Å². The molecule has 0 spiro atoms. The Balaban J connectivity index is 1.83. The maximum atomic E-state index is 12.9. The predicted octanol–water partition coefficient (Wildman–Crippen LogP) is 1.27. The van der Waals surface area contributed by atoms with Crippen LogP contribution in [0, 0.1) is 0 Å². The summed E-state index contributed by atoms with van der Waals surface area (Å²) < 4.78 is 34.3. The number of benzene rings is 2. The first-order valence-electron chi connectivity index (χ1n) is 9.20. The van der Waals surface area contributed by atoms with Crippen molar-refractivity contribution in [2.75, 3.05) is 11.4 Å². The van der Waals surface area contributed by atoms with E-state index in [0.29, 0.717) is 5.69 Å². The van der Waals surface area contributed by atoms with E-state index >= 15 is 0 Å². The molecule has 0 unspecified atom stereocenters. The number of anilines is 1. The number of nitrogens with zero attached hydrogens (tertiary/aromatic N) is 3.